The Morgan fingerprint density at radius 3 is 0.788 bits per heavy atom. The van der Waals surface area contributed by atoms with Crippen molar-refractivity contribution in [1.29, 1.82) is 0 Å². The van der Waals surface area contributed by atoms with Crippen molar-refractivity contribution in [3.05, 3.63) is 233 Å². The third-order valence-electron chi connectivity index (χ3n) is 28.1. The smallest absolute Gasteiger partial charge is 0.0722 e. The van der Waals surface area contributed by atoms with Gasteiger partial charge in [-0.05, 0) is 265 Å². The van der Waals surface area contributed by atoms with Gasteiger partial charge in [-0.2, -0.15) is 0 Å². The number of fused-ring (bicyclic) bond motifs is 4. The van der Waals surface area contributed by atoms with Crippen molar-refractivity contribution in [1.82, 2.24) is 0 Å². The predicted molar refractivity (Wildman–Crippen MR) is 510 cm³/mol. The molecule has 0 radical (unpaired) electrons. The van der Waals surface area contributed by atoms with Gasteiger partial charge in [-0.25, -0.2) is 0 Å². The lowest BCUT2D eigenvalue weighted by Gasteiger charge is -2.46. The largest absolute Gasteiger partial charge is 0.0776 e. The fourth-order valence-electron chi connectivity index (χ4n) is 21.7. The van der Waals surface area contributed by atoms with Crippen molar-refractivity contribution < 1.29 is 0 Å². The molecule has 612 valence electrons. The standard InChI is InChI=1S/C54H80Si.C54H72Si.C3H8/c2*1-19-35-23-43(37-27-39(51(5,6)7)31-40(28-37)52(8,9)10)45-21-33(3)49(47(45)25-35)55(17,18)50-34(4)22-46-44(24-36(20-2)26-48(46)50)38-29-41(53(11,12)13)32-42(30-38)54(14,15)16;1-3-2/h23-34,45-50H,19-22H2,1-18H3;21-32,49-50H,19-20H2,1-18H3;3H2,1-2H3. The van der Waals surface area contributed by atoms with Crippen molar-refractivity contribution in [2.75, 3.05) is 0 Å². The van der Waals surface area contributed by atoms with Gasteiger partial charge in [0, 0.05) is 11.1 Å². The minimum absolute atomic E-state index is 0.0725. The van der Waals surface area contributed by atoms with E-state index in [1.807, 2.05) is 0 Å². The Bertz CT molecular complexity index is 4290. The van der Waals surface area contributed by atoms with Crippen LogP contribution in [0.3, 0.4) is 0 Å². The van der Waals surface area contributed by atoms with E-state index in [-0.39, 0.29) is 43.3 Å². The van der Waals surface area contributed by atoms with Crippen molar-refractivity contribution in [3.8, 4) is 22.3 Å². The van der Waals surface area contributed by atoms with Crippen LogP contribution in [0.25, 0.3) is 45.6 Å². The van der Waals surface area contributed by atoms with E-state index in [9.17, 15) is 0 Å². The molecule has 6 aliphatic carbocycles. The second-order valence-corrected chi connectivity index (χ2v) is 56.2. The minimum atomic E-state index is -2.08. The van der Waals surface area contributed by atoms with Crippen LogP contribution in [0.4, 0.5) is 0 Å². The molecule has 2 fully saturated rings. The average Bonchev–Trinajstić information content (AvgIpc) is 1.58. The third kappa shape index (κ3) is 18.4. The number of aryl methyl sites for hydroxylation is 2. The Hall–Kier alpha value is -5.81. The molecule has 2 heteroatoms. The molecule has 10 unspecified atom stereocenters. The summed E-state index contributed by atoms with van der Waals surface area (Å²) in [6.07, 6.45) is 24.3. The molecular weight excluding hydrogens is 1390 g/mol. The van der Waals surface area contributed by atoms with Crippen molar-refractivity contribution in [2.24, 2.45) is 35.5 Å². The van der Waals surface area contributed by atoms with Crippen LogP contribution < -0.4 is 0 Å². The SMILES string of the molecule is CCC.CCC1=CC2C(CC(C)C2[Si](C)(C)C2C(C)CC3C(c4cc(C(C)(C)C)cc(C(C)(C)C)c4)=CC(CC)=CC32)C(c2cc(C(C)(C)C)cc(C(C)(C)C)c2)=C1.CCc1cc(-c2cc(C(C)(C)C)cc(C(C)(C)C)c2)c2c(c1)C([Si](C)(C)C1C(C)=Cc3c(-c4cc(C(C)(C)C)cc(C(C)(C)C)c4)cc(CC)cc31)C(C)=C2. The second kappa shape index (κ2) is 32.1. The maximum Gasteiger partial charge on any atom is 0.0722 e. The first-order chi connectivity index (χ1) is 51.9. The van der Waals surface area contributed by atoms with Crippen molar-refractivity contribution in [2.45, 2.75) is 372 Å². The normalized spacial score (nSPS) is 22.8. The third-order valence-corrected chi connectivity index (χ3v) is 38.0. The van der Waals surface area contributed by atoms with Crippen LogP contribution in [0.1, 0.15) is 368 Å². The lowest BCUT2D eigenvalue weighted by atomic mass is 9.74. The molecule has 0 N–H and O–H groups in total. The topological polar surface area (TPSA) is 0 Å². The van der Waals surface area contributed by atoms with E-state index in [0.29, 0.717) is 34.8 Å². The van der Waals surface area contributed by atoms with E-state index in [4.69, 9.17) is 0 Å². The molecule has 0 nitrogen and oxygen atoms in total. The van der Waals surface area contributed by atoms with Crippen LogP contribution in [0, 0.1) is 35.5 Å². The maximum absolute atomic E-state index is 2.85. The van der Waals surface area contributed by atoms with E-state index in [2.05, 4.69) is 395 Å². The van der Waals surface area contributed by atoms with E-state index >= 15 is 0 Å². The monoisotopic (exact) mass is 1550 g/mol. The predicted octanol–water partition coefficient (Wildman–Crippen LogP) is 33.3. The summed E-state index contributed by atoms with van der Waals surface area (Å²) < 4.78 is 0. The Morgan fingerprint density at radius 1 is 0.310 bits per heavy atom. The Labute approximate surface area is 697 Å². The van der Waals surface area contributed by atoms with Gasteiger partial charge in [0.05, 0.1) is 16.1 Å². The van der Waals surface area contributed by atoms with E-state index in [1.165, 1.54) is 119 Å². The Balaban J connectivity index is 0.000000231. The second-order valence-electron chi connectivity index (χ2n) is 46.4. The molecule has 0 saturated heterocycles. The number of allylic oxidation sites excluding steroid dienone is 10. The van der Waals surface area contributed by atoms with E-state index < -0.39 is 16.1 Å². The van der Waals surface area contributed by atoms with Crippen molar-refractivity contribution in [3.63, 3.8) is 0 Å². The summed E-state index contributed by atoms with van der Waals surface area (Å²) >= 11 is 0. The van der Waals surface area contributed by atoms with Gasteiger partial charge in [-0.3, -0.25) is 0 Å². The summed E-state index contributed by atoms with van der Waals surface area (Å²) in [4.78, 5) is 0. The summed E-state index contributed by atoms with van der Waals surface area (Å²) in [5.41, 5.74) is 41.9. The molecule has 6 aliphatic rings. The highest BCUT2D eigenvalue weighted by molar-refractivity contribution is 6.82. The highest BCUT2D eigenvalue weighted by Crippen LogP contribution is 2.66. The lowest BCUT2D eigenvalue weighted by Crippen LogP contribution is -2.46. The van der Waals surface area contributed by atoms with E-state index in [1.54, 1.807) is 44.6 Å². The van der Waals surface area contributed by atoms with Gasteiger partial charge in [-0.1, -0.05) is 410 Å². The van der Waals surface area contributed by atoms with Gasteiger partial charge in [0.2, 0.25) is 0 Å². The van der Waals surface area contributed by atoms with Gasteiger partial charge in [0.25, 0.3) is 0 Å². The number of rotatable bonds is 12. The van der Waals surface area contributed by atoms with Gasteiger partial charge in [0.15, 0.2) is 0 Å². The number of benzene rings is 6. The molecule has 0 aliphatic heterocycles. The first kappa shape index (κ1) is 89.5. The van der Waals surface area contributed by atoms with E-state index in [0.717, 1.165) is 48.6 Å². The zero-order valence-corrected chi connectivity index (χ0v) is 81.4. The molecule has 6 aromatic carbocycles. The highest BCUT2D eigenvalue weighted by Gasteiger charge is 2.59. The summed E-state index contributed by atoms with van der Waals surface area (Å²) in [5.74, 6) is 3.96. The zero-order chi connectivity index (χ0) is 84.3. The molecule has 0 aromatic heterocycles. The van der Waals surface area contributed by atoms with Gasteiger partial charge >= 0.3 is 0 Å². The summed E-state index contributed by atoms with van der Waals surface area (Å²) in [6.45, 7) is 91.9. The fourth-order valence-corrected chi connectivity index (χ4v) is 32.9. The van der Waals surface area contributed by atoms with Crippen LogP contribution in [-0.4, -0.2) is 16.1 Å². The molecule has 0 spiro atoms. The average molecular weight is 1550 g/mol. The van der Waals surface area contributed by atoms with Crippen LogP contribution in [0.2, 0.25) is 37.3 Å². The molecule has 0 heterocycles. The fraction of sp³-hybridized carbons (Fsp3) is 0.568. The highest BCUT2D eigenvalue weighted by atomic mass is 28.3. The number of hydrogen-bond acceptors (Lipinski definition) is 0. The van der Waals surface area contributed by atoms with Crippen LogP contribution in [-0.2, 0) is 56.2 Å². The summed E-state index contributed by atoms with van der Waals surface area (Å²) in [5, 5.41) is 0. The first-order valence-electron chi connectivity index (χ1n) is 45.1. The van der Waals surface area contributed by atoms with Gasteiger partial charge in [-0.15, -0.1) is 0 Å². The molecule has 6 aromatic rings. The Morgan fingerprint density at radius 2 is 0.558 bits per heavy atom. The molecule has 12 rings (SSSR count). The minimum Gasteiger partial charge on any atom is -0.0776 e. The van der Waals surface area contributed by atoms with Gasteiger partial charge < -0.3 is 0 Å². The molecule has 10 atom stereocenters. The van der Waals surface area contributed by atoms with Crippen molar-refractivity contribution >= 4 is 39.4 Å². The van der Waals surface area contributed by atoms with Crippen LogP contribution in [0.5, 0.6) is 0 Å². The zero-order valence-electron chi connectivity index (χ0n) is 79.4. The molecule has 0 bridgehead atoms. The van der Waals surface area contributed by atoms with Crippen LogP contribution >= 0.6 is 0 Å². The number of hydrogen-bond donors (Lipinski definition) is 0. The molecule has 113 heavy (non-hydrogen) atoms. The molecule has 0 amide bonds. The first-order valence-corrected chi connectivity index (χ1v) is 51.4. The molecular formula is C111H160Si2. The summed E-state index contributed by atoms with van der Waals surface area (Å²) in [6, 6.07) is 40.4. The summed E-state index contributed by atoms with van der Waals surface area (Å²) in [7, 11) is -3.92. The lowest BCUT2D eigenvalue weighted by molar-refractivity contribution is 0.492. The van der Waals surface area contributed by atoms with Crippen LogP contribution in [0.15, 0.2) is 144 Å². The quantitative estimate of drug-likeness (QED) is 0.107. The molecule has 2 saturated carbocycles. The maximum atomic E-state index is 2.85. The van der Waals surface area contributed by atoms with Gasteiger partial charge in [0.1, 0.15) is 0 Å². The Kier molecular flexibility index (Phi) is 25.5.